The largest absolute Gasteiger partial charge is 0.438 e. The molecule has 0 unspecified atom stereocenters. The Labute approximate surface area is 142 Å². The van der Waals surface area contributed by atoms with E-state index in [2.05, 4.69) is 9.97 Å². The average molecular weight is 341 g/mol. The van der Waals surface area contributed by atoms with E-state index in [4.69, 9.17) is 4.74 Å². The lowest BCUT2D eigenvalue weighted by Crippen LogP contribution is -1.99. The van der Waals surface area contributed by atoms with E-state index >= 15 is 0 Å². The van der Waals surface area contributed by atoms with Gasteiger partial charge in [0.2, 0.25) is 5.88 Å². The first kappa shape index (κ1) is 15.0. The molecule has 0 saturated heterocycles. The van der Waals surface area contributed by atoms with Gasteiger partial charge in [-0.25, -0.2) is 9.97 Å². The van der Waals surface area contributed by atoms with E-state index in [1.807, 2.05) is 0 Å². The van der Waals surface area contributed by atoms with Crippen molar-refractivity contribution < 1.29 is 9.66 Å². The number of nitro benzene ring substituents is 1. The summed E-state index contributed by atoms with van der Waals surface area (Å²) in [6.07, 6.45) is 6.01. The van der Waals surface area contributed by atoms with Gasteiger partial charge in [0.25, 0.3) is 5.69 Å². The summed E-state index contributed by atoms with van der Waals surface area (Å²) >= 11 is 1.71. The maximum absolute atomic E-state index is 10.9. The van der Waals surface area contributed by atoms with E-state index in [0.717, 1.165) is 23.1 Å². The van der Waals surface area contributed by atoms with Crippen LogP contribution in [0.15, 0.2) is 24.5 Å². The third-order valence-electron chi connectivity index (χ3n) is 4.30. The summed E-state index contributed by atoms with van der Waals surface area (Å²) in [5.74, 6) is 1.08. The predicted octanol–water partition coefficient (Wildman–Crippen LogP) is 4.58. The van der Waals surface area contributed by atoms with Gasteiger partial charge in [-0.2, -0.15) is 0 Å². The smallest absolute Gasteiger partial charge is 0.272 e. The number of benzene rings is 1. The molecule has 0 bridgehead atoms. The summed E-state index contributed by atoms with van der Waals surface area (Å²) in [6, 6.07) is 4.74. The third kappa shape index (κ3) is 2.50. The second kappa shape index (κ2) is 5.83. The first-order valence-corrected chi connectivity index (χ1v) is 8.63. The van der Waals surface area contributed by atoms with Gasteiger partial charge in [0.05, 0.1) is 10.3 Å². The monoisotopic (exact) mass is 341 g/mol. The summed E-state index contributed by atoms with van der Waals surface area (Å²) in [6.45, 7) is 1.70. The molecule has 0 amide bonds. The van der Waals surface area contributed by atoms with Crippen molar-refractivity contribution in [2.75, 3.05) is 0 Å². The van der Waals surface area contributed by atoms with Crippen LogP contribution in [-0.2, 0) is 12.8 Å². The number of nitrogens with zero attached hydrogens (tertiary/aromatic N) is 3. The van der Waals surface area contributed by atoms with Gasteiger partial charge in [0.15, 0.2) is 0 Å². The first-order valence-electron chi connectivity index (χ1n) is 7.81. The Morgan fingerprint density at radius 1 is 1.25 bits per heavy atom. The van der Waals surface area contributed by atoms with Gasteiger partial charge < -0.3 is 4.74 Å². The molecular weight excluding hydrogens is 326 g/mol. The first-order chi connectivity index (χ1) is 11.6. The summed E-state index contributed by atoms with van der Waals surface area (Å²) in [4.78, 5) is 21.6. The van der Waals surface area contributed by atoms with Crippen molar-refractivity contribution >= 4 is 27.2 Å². The van der Waals surface area contributed by atoms with E-state index < -0.39 is 4.92 Å². The Bertz CT molecular complexity index is 952. The number of hydrogen-bond acceptors (Lipinski definition) is 6. The van der Waals surface area contributed by atoms with Crippen molar-refractivity contribution in [1.29, 1.82) is 0 Å². The van der Waals surface area contributed by atoms with Crippen LogP contribution in [0.25, 0.3) is 10.2 Å². The van der Waals surface area contributed by atoms with Crippen LogP contribution >= 0.6 is 11.3 Å². The zero-order chi connectivity index (χ0) is 16.7. The number of hydrogen-bond donors (Lipinski definition) is 0. The minimum Gasteiger partial charge on any atom is -0.438 e. The fourth-order valence-corrected chi connectivity index (χ4v) is 4.37. The Hall–Kier alpha value is -2.54. The Balaban J connectivity index is 1.76. The quantitative estimate of drug-likeness (QED) is 0.515. The van der Waals surface area contributed by atoms with Crippen molar-refractivity contribution in [3.63, 3.8) is 0 Å². The van der Waals surface area contributed by atoms with Gasteiger partial charge in [0.1, 0.15) is 16.9 Å². The minimum absolute atomic E-state index is 0.0862. The van der Waals surface area contributed by atoms with Crippen molar-refractivity contribution in [3.8, 4) is 11.6 Å². The molecule has 0 aliphatic heterocycles. The molecule has 1 aliphatic carbocycles. The molecule has 0 spiro atoms. The maximum atomic E-state index is 10.9. The van der Waals surface area contributed by atoms with E-state index in [9.17, 15) is 10.1 Å². The van der Waals surface area contributed by atoms with E-state index in [1.54, 1.807) is 30.4 Å². The summed E-state index contributed by atoms with van der Waals surface area (Å²) in [7, 11) is 0. The van der Waals surface area contributed by atoms with Crippen molar-refractivity contribution in [1.82, 2.24) is 9.97 Å². The molecule has 1 aliphatic rings. The molecule has 0 radical (unpaired) electrons. The fraction of sp³-hybridized carbons (Fsp3) is 0.294. The van der Waals surface area contributed by atoms with Crippen LogP contribution in [0.4, 0.5) is 5.69 Å². The van der Waals surface area contributed by atoms with Crippen LogP contribution in [-0.4, -0.2) is 14.9 Å². The molecule has 122 valence electrons. The Kier molecular flexibility index (Phi) is 3.65. The molecule has 2 heterocycles. The van der Waals surface area contributed by atoms with Gasteiger partial charge in [-0.1, -0.05) is 0 Å². The number of thiophene rings is 1. The molecule has 0 N–H and O–H groups in total. The molecule has 6 nitrogen and oxygen atoms in total. The third-order valence-corrected chi connectivity index (χ3v) is 5.50. The van der Waals surface area contributed by atoms with E-state index in [-0.39, 0.29) is 5.69 Å². The van der Waals surface area contributed by atoms with E-state index in [0.29, 0.717) is 17.2 Å². The Morgan fingerprint density at radius 3 is 2.88 bits per heavy atom. The second-order valence-corrected chi connectivity index (χ2v) is 6.96. The highest BCUT2D eigenvalue weighted by molar-refractivity contribution is 7.18. The number of fused-ring (bicyclic) bond motifs is 3. The number of aromatic nitrogens is 2. The zero-order valence-corrected chi connectivity index (χ0v) is 13.9. The lowest BCUT2D eigenvalue weighted by molar-refractivity contribution is -0.385. The number of nitro groups is 1. The summed E-state index contributed by atoms with van der Waals surface area (Å²) in [5.41, 5.74) is 1.95. The average Bonchev–Trinajstić information content (AvgIpc) is 2.94. The van der Waals surface area contributed by atoms with Gasteiger partial charge in [-0.3, -0.25) is 10.1 Å². The van der Waals surface area contributed by atoms with Crippen molar-refractivity contribution in [3.05, 3.63) is 50.6 Å². The second-order valence-electron chi connectivity index (χ2n) is 5.88. The predicted molar refractivity (Wildman–Crippen MR) is 92.0 cm³/mol. The number of ether oxygens (including phenoxy) is 1. The molecular formula is C17H15N3O3S. The number of rotatable bonds is 3. The van der Waals surface area contributed by atoms with Gasteiger partial charge in [-0.05, 0) is 50.3 Å². The topological polar surface area (TPSA) is 78.2 Å². The molecule has 4 rings (SSSR count). The van der Waals surface area contributed by atoms with Crippen LogP contribution in [0.3, 0.4) is 0 Å². The molecule has 1 aromatic carbocycles. The normalized spacial score (nSPS) is 13.7. The highest BCUT2D eigenvalue weighted by Crippen LogP contribution is 2.40. The van der Waals surface area contributed by atoms with Crippen LogP contribution in [0.2, 0.25) is 0 Å². The van der Waals surface area contributed by atoms with Crippen molar-refractivity contribution in [2.45, 2.75) is 32.6 Å². The zero-order valence-electron chi connectivity index (χ0n) is 13.1. The molecule has 0 fully saturated rings. The highest BCUT2D eigenvalue weighted by Gasteiger charge is 2.21. The van der Waals surface area contributed by atoms with E-state index in [1.165, 1.54) is 35.7 Å². The molecule has 24 heavy (non-hydrogen) atoms. The standard InChI is InChI=1S/C17H15N3O3S/c1-10-8-11(6-7-13(10)20(21)22)23-16-15-12-4-2-3-5-14(12)24-17(15)19-9-18-16/h6-9H,2-5H2,1H3. The lowest BCUT2D eigenvalue weighted by atomic mass is 9.97. The summed E-state index contributed by atoms with van der Waals surface area (Å²) < 4.78 is 5.96. The highest BCUT2D eigenvalue weighted by atomic mass is 32.1. The molecule has 0 atom stereocenters. The van der Waals surface area contributed by atoms with Gasteiger partial charge >= 0.3 is 0 Å². The minimum atomic E-state index is -0.392. The summed E-state index contributed by atoms with van der Waals surface area (Å²) in [5, 5.41) is 11.9. The van der Waals surface area contributed by atoms with Gasteiger partial charge in [-0.15, -0.1) is 11.3 Å². The molecule has 2 aromatic heterocycles. The SMILES string of the molecule is Cc1cc(Oc2ncnc3sc4c(c23)CCCC4)ccc1[N+](=O)[O-]. The lowest BCUT2D eigenvalue weighted by Gasteiger charge is -2.12. The molecule has 7 heteroatoms. The van der Waals surface area contributed by atoms with Crippen LogP contribution in [0, 0.1) is 17.0 Å². The van der Waals surface area contributed by atoms with Crippen LogP contribution in [0.1, 0.15) is 28.8 Å². The number of aryl methyl sites for hydroxylation is 3. The molecule has 0 saturated carbocycles. The van der Waals surface area contributed by atoms with Crippen LogP contribution in [0.5, 0.6) is 11.6 Å². The fourth-order valence-electron chi connectivity index (χ4n) is 3.15. The maximum Gasteiger partial charge on any atom is 0.272 e. The Morgan fingerprint density at radius 2 is 2.08 bits per heavy atom. The van der Waals surface area contributed by atoms with Crippen molar-refractivity contribution in [2.24, 2.45) is 0 Å². The van der Waals surface area contributed by atoms with Crippen LogP contribution < -0.4 is 4.74 Å². The van der Waals surface area contributed by atoms with Gasteiger partial charge in [0, 0.05) is 16.5 Å². The molecule has 3 aromatic rings.